The maximum atomic E-state index is 13.4. The van der Waals surface area contributed by atoms with Gasteiger partial charge in [0.05, 0.1) is 6.10 Å². The average molecular weight is 393 g/mol. The Hall–Kier alpha value is -0.450. The number of benzene rings is 1. The molecule has 3 rings (SSSR count). The first-order chi connectivity index (χ1) is 12.6. The highest BCUT2D eigenvalue weighted by molar-refractivity contribution is 8.18. The molecule has 144 valence electrons. The molecular formula is C22H32O2S2. The van der Waals surface area contributed by atoms with Crippen molar-refractivity contribution >= 4 is 29.3 Å². The van der Waals surface area contributed by atoms with Gasteiger partial charge in [-0.15, -0.1) is 23.5 Å². The first-order valence-corrected chi connectivity index (χ1v) is 12.1. The van der Waals surface area contributed by atoms with Gasteiger partial charge >= 0.3 is 0 Å². The highest BCUT2D eigenvalue weighted by Crippen LogP contribution is 2.40. The van der Waals surface area contributed by atoms with E-state index in [4.69, 9.17) is 4.74 Å². The molecule has 0 spiro atoms. The van der Waals surface area contributed by atoms with E-state index in [1.807, 2.05) is 18.2 Å². The number of carbonyl (C=O) groups is 1. The van der Waals surface area contributed by atoms with Crippen LogP contribution >= 0.6 is 23.5 Å². The number of hydrogen-bond donors (Lipinski definition) is 0. The van der Waals surface area contributed by atoms with E-state index in [-0.39, 0.29) is 16.5 Å². The second-order valence-corrected chi connectivity index (χ2v) is 10.8. The summed E-state index contributed by atoms with van der Waals surface area (Å²) in [7, 11) is 0. The molecule has 1 saturated heterocycles. The van der Waals surface area contributed by atoms with Gasteiger partial charge in [0.25, 0.3) is 0 Å². The van der Waals surface area contributed by atoms with Crippen LogP contribution in [0.3, 0.4) is 0 Å². The Morgan fingerprint density at radius 2 is 1.81 bits per heavy atom. The van der Waals surface area contributed by atoms with Crippen molar-refractivity contribution in [1.29, 1.82) is 0 Å². The van der Waals surface area contributed by atoms with Crippen LogP contribution in [0.1, 0.15) is 58.1 Å². The standard InChI is InChI=1S/C22H32O2S2/c1-15(2)18-11-10-16(3)14-19(18)24-21(17-8-5-4-6-9-17)20(23)22-25-12-7-13-26-22/h4-6,8-9,15-16,18-19,21-22H,7,10-14H2,1-3H3/t16-,18+,19-,21?/m0/s1. The summed E-state index contributed by atoms with van der Waals surface area (Å²) in [6.45, 7) is 6.91. The van der Waals surface area contributed by atoms with Crippen molar-refractivity contribution in [3.63, 3.8) is 0 Å². The van der Waals surface area contributed by atoms with Crippen LogP contribution < -0.4 is 0 Å². The molecule has 26 heavy (non-hydrogen) atoms. The topological polar surface area (TPSA) is 26.3 Å². The molecule has 2 aliphatic rings. The Kier molecular flexibility index (Phi) is 7.54. The average Bonchev–Trinajstić information content (AvgIpc) is 2.67. The van der Waals surface area contributed by atoms with Gasteiger partial charge in [0.15, 0.2) is 5.78 Å². The van der Waals surface area contributed by atoms with Crippen LogP contribution in [0.25, 0.3) is 0 Å². The number of thioether (sulfide) groups is 2. The molecule has 0 amide bonds. The third kappa shape index (κ3) is 5.08. The van der Waals surface area contributed by atoms with Gasteiger partial charge in [0.2, 0.25) is 0 Å². The first-order valence-electron chi connectivity index (χ1n) is 10.0. The molecule has 1 saturated carbocycles. The summed E-state index contributed by atoms with van der Waals surface area (Å²) in [6.07, 6.45) is 4.53. The molecular weight excluding hydrogens is 360 g/mol. The van der Waals surface area contributed by atoms with Crippen molar-refractivity contribution < 1.29 is 9.53 Å². The maximum absolute atomic E-state index is 13.4. The summed E-state index contributed by atoms with van der Waals surface area (Å²) in [6, 6.07) is 10.1. The van der Waals surface area contributed by atoms with E-state index in [0.717, 1.165) is 23.5 Å². The fourth-order valence-corrected chi connectivity index (χ4v) is 6.93. The molecule has 1 aliphatic heterocycles. The van der Waals surface area contributed by atoms with Crippen molar-refractivity contribution in [2.75, 3.05) is 11.5 Å². The normalized spacial score (nSPS) is 28.8. The molecule has 0 radical (unpaired) electrons. The third-order valence-corrected chi connectivity index (χ3v) is 8.63. The molecule has 4 heteroatoms. The fourth-order valence-electron chi connectivity index (χ4n) is 4.16. The summed E-state index contributed by atoms with van der Waals surface area (Å²) in [5, 5.41) is 0. The minimum Gasteiger partial charge on any atom is -0.362 e. The predicted molar refractivity (Wildman–Crippen MR) is 114 cm³/mol. The van der Waals surface area contributed by atoms with Gasteiger partial charge in [-0.05, 0) is 54.1 Å². The zero-order chi connectivity index (χ0) is 18.5. The van der Waals surface area contributed by atoms with E-state index in [0.29, 0.717) is 17.8 Å². The number of carbonyl (C=O) groups excluding carboxylic acids is 1. The van der Waals surface area contributed by atoms with Crippen LogP contribution in [0, 0.1) is 17.8 Å². The lowest BCUT2D eigenvalue weighted by Gasteiger charge is -2.39. The highest BCUT2D eigenvalue weighted by atomic mass is 32.2. The second-order valence-electron chi connectivity index (χ2n) is 8.12. The smallest absolute Gasteiger partial charge is 0.188 e. The quantitative estimate of drug-likeness (QED) is 0.596. The van der Waals surface area contributed by atoms with Gasteiger partial charge in [0, 0.05) is 0 Å². The fraction of sp³-hybridized carbons (Fsp3) is 0.682. The van der Waals surface area contributed by atoms with Gasteiger partial charge in [-0.1, -0.05) is 57.5 Å². The molecule has 1 aliphatic carbocycles. The lowest BCUT2D eigenvalue weighted by Crippen LogP contribution is -2.38. The zero-order valence-corrected chi connectivity index (χ0v) is 17.9. The number of hydrogen-bond acceptors (Lipinski definition) is 4. The molecule has 1 aromatic rings. The molecule has 2 fully saturated rings. The van der Waals surface area contributed by atoms with Crippen LogP contribution in [-0.2, 0) is 9.53 Å². The Labute approximate surface area is 167 Å². The molecule has 2 nitrogen and oxygen atoms in total. The lowest BCUT2D eigenvalue weighted by atomic mass is 9.75. The van der Waals surface area contributed by atoms with Crippen LogP contribution in [-0.4, -0.2) is 28.0 Å². The monoisotopic (exact) mass is 392 g/mol. The molecule has 0 bridgehead atoms. The number of ketones is 1. The SMILES string of the molecule is CC(C)[C@H]1CC[C@H](C)C[C@@H]1OC(C(=O)C1SCCCS1)c1ccccc1. The van der Waals surface area contributed by atoms with Crippen molar-refractivity contribution in [3.05, 3.63) is 35.9 Å². The minimum absolute atomic E-state index is 0.0208. The van der Waals surface area contributed by atoms with Crippen molar-refractivity contribution in [2.45, 2.75) is 63.2 Å². The van der Waals surface area contributed by atoms with E-state index < -0.39 is 6.10 Å². The number of ether oxygens (including phenoxy) is 1. The molecule has 1 aromatic carbocycles. The van der Waals surface area contributed by atoms with Gasteiger partial charge in [-0.2, -0.15) is 0 Å². The number of Topliss-reactive ketones (excluding diaryl/α,β-unsaturated/α-hetero) is 1. The van der Waals surface area contributed by atoms with Crippen LogP contribution in [0.2, 0.25) is 0 Å². The zero-order valence-electron chi connectivity index (χ0n) is 16.2. The Balaban J connectivity index is 1.81. The minimum atomic E-state index is -0.421. The molecule has 0 aromatic heterocycles. The highest BCUT2D eigenvalue weighted by Gasteiger charge is 2.37. The first kappa shape index (κ1) is 20.3. The van der Waals surface area contributed by atoms with Crippen LogP contribution in [0.15, 0.2) is 30.3 Å². The number of rotatable bonds is 6. The largest absolute Gasteiger partial charge is 0.362 e. The summed E-state index contributed by atoms with van der Waals surface area (Å²) in [4.78, 5) is 13.4. The van der Waals surface area contributed by atoms with Gasteiger partial charge in [-0.25, -0.2) is 0 Å². The Bertz CT molecular complexity index is 569. The maximum Gasteiger partial charge on any atom is 0.188 e. The van der Waals surface area contributed by atoms with E-state index in [2.05, 4.69) is 32.9 Å². The van der Waals surface area contributed by atoms with Crippen molar-refractivity contribution in [3.8, 4) is 0 Å². The van der Waals surface area contributed by atoms with Crippen LogP contribution in [0.4, 0.5) is 0 Å². The van der Waals surface area contributed by atoms with E-state index in [1.54, 1.807) is 23.5 Å². The van der Waals surface area contributed by atoms with Crippen molar-refractivity contribution in [1.82, 2.24) is 0 Å². The second kappa shape index (κ2) is 9.66. The molecule has 0 N–H and O–H groups in total. The van der Waals surface area contributed by atoms with Gasteiger partial charge in [0.1, 0.15) is 10.7 Å². The predicted octanol–water partition coefficient (Wildman–Crippen LogP) is 5.97. The van der Waals surface area contributed by atoms with E-state index >= 15 is 0 Å². The van der Waals surface area contributed by atoms with Gasteiger partial charge in [-0.3, -0.25) is 4.79 Å². The van der Waals surface area contributed by atoms with Crippen molar-refractivity contribution in [2.24, 2.45) is 17.8 Å². The summed E-state index contributed by atoms with van der Waals surface area (Å²) >= 11 is 3.59. The lowest BCUT2D eigenvalue weighted by molar-refractivity contribution is -0.140. The Morgan fingerprint density at radius 3 is 2.46 bits per heavy atom. The third-order valence-electron chi connectivity index (χ3n) is 5.69. The van der Waals surface area contributed by atoms with Gasteiger partial charge < -0.3 is 4.74 Å². The molecule has 1 unspecified atom stereocenters. The molecule has 4 atom stereocenters. The summed E-state index contributed by atoms with van der Waals surface area (Å²) in [5.41, 5.74) is 1.02. The molecule has 1 heterocycles. The summed E-state index contributed by atoms with van der Waals surface area (Å²) < 4.78 is 6.68. The van der Waals surface area contributed by atoms with E-state index in [1.165, 1.54) is 19.3 Å². The van der Waals surface area contributed by atoms with Crippen LogP contribution in [0.5, 0.6) is 0 Å². The summed E-state index contributed by atoms with van der Waals surface area (Å²) in [5.74, 6) is 4.25. The Morgan fingerprint density at radius 1 is 1.12 bits per heavy atom. The van der Waals surface area contributed by atoms with E-state index in [9.17, 15) is 4.79 Å².